The van der Waals surface area contributed by atoms with E-state index in [9.17, 15) is 4.79 Å². The molecule has 0 rings (SSSR count). The lowest BCUT2D eigenvalue weighted by Crippen LogP contribution is -2.44. The van der Waals surface area contributed by atoms with E-state index in [2.05, 4.69) is 47.7 Å². The Hall–Kier alpha value is -0.153. The lowest BCUT2D eigenvalue weighted by molar-refractivity contribution is -0.114. The first kappa shape index (κ1) is 14.8. The molecule has 0 aromatic carbocycles. The van der Waals surface area contributed by atoms with E-state index in [1.54, 1.807) is 0 Å². The zero-order chi connectivity index (χ0) is 12.3. The van der Waals surface area contributed by atoms with Gasteiger partial charge in [0.1, 0.15) is 12.4 Å². The van der Waals surface area contributed by atoms with Crippen LogP contribution >= 0.6 is 0 Å². The van der Waals surface area contributed by atoms with E-state index in [0.717, 1.165) is 12.7 Å². The van der Waals surface area contributed by atoms with Gasteiger partial charge in [-0.3, -0.25) is 0 Å². The standard InChI is InChI=1S/C12H26O2Si/c1-10(2)8-11(9-13)14-15(6,7)12(3,4)5/h9-11H,8H2,1-7H3/t11-/m0/s1. The number of hydrogen-bond donors (Lipinski definition) is 0. The maximum atomic E-state index is 10.9. The van der Waals surface area contributed by atoms with Gasteiger partial charge in [0.15, 0.2) is 8.32 Å². The average Bonchev–Trinajstić information content (AvgIpc) is 1.99. The highest BCUT2D eigenvalue weighted by atomic mass is 28.4. The maximum absolute atomic E-state index is 10.9. The van der Waals surface area contributed by atoms with Crippen molar-refractivity contribution in [1.29, 1.82) is 0 Å². The fourth-order valence-electron chi connectivity index (χ4n) is 1.15. The first-order valence-electron chi connectivity index (χ1n) is 5.73. The van der Waals surface area contributed by atoms with Crippen LogP contribution < -0.4 is 0 Å². The lowest BCUT2D eigenvalue weighted by Gasteiger charge is -2.38. The van der Waals surface area contributed by atoms with E-state index in [1.807, 2.05) is 0 Å². The molecule has 0 radical (unpaired) electrons. The van der Waals surface area contributed by atoms with Crippen molar-refractivity contribution in [3.8, 4) is 0 Å². The molecular formula is C12H26O2Si. The van der Waals surface area contributed by atoms with Gasteiger partial charge in [-0.25, -0.2) is 0 Å². The van der Waals surface area contributed by atoms with Gasteiger partial charge in [0, 0.05) is 0 Å². The fourth-order valence-corrected chi connectivity index (χ4v) is 2.41. The van der Waals surface area contributed by atoms with Gasteiger partial charge < -0.3 is 9.22 Å². The molecule has 0 aromatic rings. The van der Waals surface area contributed by atoms with E-state index in [-0.39, 0.29) is 11.1 Å². The number of carbonyl (C=O) groups excluding carboxylic acids is 1. The number of aldehydes is 1. The monoisotopic (exact) mass is 230 g/mol. The Kier molecular flexibility index (Phi) is 5.20. The molecule has 3 heteroatoms. The largest absolute Gasteiger partial charge is 0.407 e. The Morgan fingerprint density at radius 1 is 1.27 bits per heavy atom. The van der Waals surface area contributed by atoms with Crippen LogP contribution in [0.4, 0.5) is 0 Å². The summed E-state index contributed by atoms with van der Waals surface area (Å²) in [7, 11) is -1.79. The minimum Gasteiger partial charge on any atom is -0.407 e. The summed E-state index contributed by atoms with van der Waals surface area (Å²) < 4.78 is 6.03. The fraction of sp³-hybridized carbons (Fsp3) is 0.917. The summed E-state index contributed by atoms with van der Waals surface area (Å²) in [6.07, 6.45) is 1.57. The first-order valence-corrected chi connectivity index (χ1v) is 8.64. The van der Waals surface area contributed by atoms with Crippen molar-refractivity contribution in [2.75, 3.05) is 0 Å². The maximum Gasteiger partial charge on any atom is 0.193 e. The van der Waals surface area contributed by atoms with Crippen molar-refractivity contribution in [3.63, 3.8) is 0 Å². The van der Waals surface area contributed by atoms with Crippen molar-refractivity contribution in [2.24, 2.45) is 5.92 Å². The second-order valence-electron chi connectivity index (χ2n) is 6.18. The van der Waals surface area contributed by atoms with Gasteiger partial charge in [-0.15, -0.1) is 0 Å². The van der Waals surface area contributed by atoms with Crippen molar-refractivity contribution in [1.82, 2.24) is 0 Å². The lowest BCUT2D eigenvalue weighted by atomic mass is 10.1. The van der Waals surface area contributed by atoms with Crippen LogP contribution in [-0.4, -0.2) is 20.7 Å². The smallest absolute Gasteiger partial charge is 0.193 e. The van der Waals surface area contributed by atoms with Crippen LogP contribution in [0.25, 0.3) is 0 Å². The predicted octanol–water partition coefficient (Wildman–Crippen LogP) is 3.62. The molecule has 0 saturated heterocycles. The molecule has 0 fully saturated rings. The van der Waals surface area contributed by atoms with E-state index < -0.39 is 8.32 Å². The van der Waals surface area contributed by atoms with Crippen LogP contribution in [-0.2, 0) is 9.22 Å². The van der Waals surface area contributed by atoms with Crippen molar-refractivity contribution < 1.29 is 9.22 Å². The minimum absolute atomic E-state index is 0.172. The molecule has 0 unspecified atom stereocenters. The number of rotatable bonds is 5. The summed E-state index contributed by atoms with van der Waals surface area (Å²) >= 11 is 0. The molecule has 0 aliphatic heterocycles. The predicted molar refractivity (Wildman–Crippen MR) is 67.6 cm³/mol. The van der Waals surface area contributed by atoms with Gasteiger partial charge in [-0.1, -0.05) is 34.6 Å². The van der Waals surface area contributed by atoms with Crippen LogP contribution in [0.5, 0.6) is 0 Å². The van der Waals surface area contributed by atoms with Gasteiger partial charge in [0.05, 0.1) is 0 Å². The Balaban J connectivity index is 4.47. The quantitative estimate of drug-likeness (QED) is 0.532. The molecule has 0 heterocycles. The van der Waals surface area contributed by atoms with Crippen molar-refractivity contribution in [2.45, 2.75) is 65.3 Å². The highest BCUT2D eigenvalue weighted by molar-refractivity contribution is 6.74. The Morgan fingerprint density at radius 2 is 1.73 bits per heavy atom. The van der Waals surface area contributed by atoms with Crippen LogP contribution in [0.1, 0.15) is 41.0 Å². The highest BCUT2D eigenvalue weighted by Gasteiger charge is 2.39. The summed E-state index contributed by atoms with van der Waals surface area (Å²) in [4.78, 5) is 10.9. The zero-order valence-electron chi connectivity index (χ0n) is 11.3. The SMILES string of the molecule is CC(C)C[C@@H](C=O)O[Si](C)(C)C(C)(C)C. The van der Waals surface area contributed by atoms with Gasteiger partial charge in [0.2, 0.25) is 0 Å². The number of carbonyl (C=O) groups is 1. The molecule has 1 atom stereocenters. The molecule has 0 spiro atoms. The summed E-state index contributed by atoms with van der Waals surface area (Å²) in [6.45, 7) is 15.2. The summed E-state index contributed by atoms with van der Waals surface area (Å²) in [5.74, 6) is 0.505. The molecule has 0 amide bonds. The molecule has 2 nitrogen and oxygen atoms in total. The number of hydrogen-bond acceptors (Lipinski definition) is 2. The second-order valence-corrected chi connectivity index (χ2v) is 10.9. The topological polar surface area (TPSA) is 26.3 Å². The summed E-state index contributed by atoms with van der Waals surface area (Å²) in [5.41, 5.74) is 0. The van der Waals surface area contributed by atoms with Crippen LogP contribution in [0, 0.1) is 5.92 Å². The molecule has 0 aliphatic carbocycles. The van der Waals surface area contributed by atoms with E-state index in [0.29, 0.717) is 5.92 Å². The van der Waals surface area contributed by atoms with Crippen molar-refractivity contribution >= 4 is 14.6 Å². The molecule has 90 valence electrons. The highest BCUT2D eigenvalue weighted by Crippen LogP contribution is 2.37. The van der Waals surface area contributed by atoms with Crippen LogP contribution in [0.15, 0.2) is 0 Å². The molecule has 0 saturated carbocycles. The van der Waals surface area contributed by atoms with Gasteiger partial charge in [0.25, 0.3) is 0 Å². The van der Waals surface area contributed by atoms with Gasteiger partial charge >= 0.3 is 0 Å². The van der Waals surface area contributed by atoms with Crippen LogP contribution in [0.2, 0.25) is 18.1 Å². The van der Waals surface area contributed by atoms with Gasteiger partial charge in [-0.05, 0) is 30.5 Å². The second kappa shape index (κ2) is 5.26. The molecule has 15 heavy (non-hydrogen) atoms. The molecule has 0 N–H and O–H groups in total. The van der Waals surface area contributed by atoms with Crippen molar-refractivity contribution in [3.05, 3.63) is 0 Å². The van der Waals surface area contributed by atoms with Crippen LogP contribution in [0.3, 0.4) is 0 Å². The van der Waals surface area contributed by atoms with Gasteiger partial charge in [-0.2, -0.15) is 0 Å². The normalized spacial score (nSPS) is 15.5. The van der Waals surface area contributed by atoms with E-state index in [4.69, 9.17) is 4.43 Å². The third-order valence-electron chi connectivity index (χ3n) is 3.11. The molecule has 0 bridgehead atoms. The minimum atomic E-state index is -1.79. The summed E-state index contributed by atoms with van der Waals surface area (Å²) in [5, 5.41) is 0.172. The average molecular weight is 230 g/mol. The third kappa shape index (κ3) is 4.93. The Labute approximate surface area is 95.5 Å². The third-order valence-corrected chi connectivity index (χ3v) is 7.61. The molecule has 0 aliphatic rings. The van der Waals surface area contributed by atoms with E-state index in [1.165, 1.54) is 0 Å². The Morgan fingerprint density at radius 3 is 2.00 bits per heavy atom. The summed E-state index contributed by atoms with van der Waals surface area (Å²) in [6, 6.07) is 0. The molecule has 0 aromatic heterocycles. The van der Waals surface area contributed by atoms with E-state index >= 15 is 0 Å². The first-order chi connectivity index (χ1) is 6.60. The molecular weight excluding hydrogens is 204 g/mol. The Bertz CT molecular complexity index is 204. The zero-order valence-corrected chi connectivity index (χ0v) is 12.3.